The van der Waals surface area contributed by atoms with Gasteiger partial charge in [-0.15, -0.1) is 0 Å². The number of aliphatic hydroxyl groups is 1. The molecule has 0 aromatic carbocycles. The smallest absolute Gasteiger partial charge is 0.0897 e. The van der Waals surface area contributed by atoms with Crippen molar-refractivity contribution >= 4 is 0 Å². The Balaban J connectivity index is 1.96. The molecule has 5 nitrogen and oxygen atoms in total. The summed E-state index contributed by atoms with van der Waals surface area (Å²) in [5.74, 6) is 0. The molecule has 1 saturated heterocycles. The van der Waals surface area contributed by atoms with Gasteiger partial charge in [-0.25, -0.2) is 0 Å². The van der Waals surface area contributed by atoms with E-state index < -0.39 is 6.10 Å². The van der Waals surface area contributed by atoms with Crippen LogP contribution in [0.5, 0.6) is 0 Å². The molecular formula is C15H31NO4. The molecule has 0 aromatic rings. The quantitative estimate of drug-likeness (QED) is 0.562. The molecule has 0 aromatic heterocycles. The molecule has 2 unspecified atom stereocenters. The molecule has 0 radical (unpaired) electrons. The van der Waals surface area contributed by atoms with E-state index in [1.165, 1.54) is 0 Å². The van der Waals surface area contributed by atoms with Crippen molar-refractivity contribution in [1.82, 2.24) is 5.32 Å². The third-order valence-corrected chi connectivity index (χ3v) is 3.53. The van der Waals surface area contributed by atoms with Crippen molar-refractivity contribution in [3.05, 3.63) is 0 Å². The number of ether oxygens (including phenoxy) is 3. The van der Waals surface area contributed by atoms with Gasteiger partial charge in [0.2, 0.25) is 0 Å². The summed E-state index contributed by atoms with van der Waals surface area (Å²) in [5.41, 5.74) is -0.0114. The largest absolute Gasteiger partial charge is 0.389 e. The minimum atomic E-state index is -0.482. The number of aliphatic hydroxyl groups excluding tert-OH is 1. The van der Waals surface area contributed by atoms with Gasteiger partial charge in [0, 0.05) is 25.3 Å². The van der Waals surface area contributed by atoms with Gasteiger partial charge in [-0.3, -0.25) is 0 Å². The molecule has 5 heteroatoms. The standard InChI is InChI=1S/C15H31NO4/c1-3-4-7-18-9-10-19-12-14(17)11-16-15(2)6-5-8-20-13-15/h14,16-17H,3-13H2,1-2H3. The number of nitrogens with one attached hydrogen (secondary N) is 1. The first kappa shape index (κ1) is 17.9. The van der Waals surface area contributed by atoms with Crippen LogP contribution in [0.1, 0.15) is 39.5 Å². The van der Waals surface area contributed by atoms with Crippen LogP contribution in [-0.4, -0.2) is 62.9 Å². The van der Waals surface area contributed by atoms with E-state index in [9.17, 15) is 5.11 Å². The van der Waals surface area contributed by atoms with Gasteiger partial charge in [-0.2, -0.15) is 0 Å². The van der Waals surface area contributed by atoms with Crippen molar-refractivity contribution in [2.75, 3.05) is 46.2 Å². The number of rotatable bonds is 11. The zero-order valence-electron chi connectivity index (χ0n) is 13.0. The molecule has 0 saturated carbocycles. The Morgan fingerprint density at radius 3 is 2.80 bits per heavy atom. The highest BCUT2D eigenvalue weighted by atomic mass is 16.5. The van der Waals surface area contributed by atoms with E-state index in [4.69, 9.17) is 14.2 Å². The number of unbranched alkanes of at least 4 members (excludes halogenated alkanes) is 1. The first-order chi connectivity index (χ1) is 9.66. The van der Waals surface area contributed by atoms with Crippen molar-refractivity contribution in [3.8, 4) is 0 Å². The highest BCUT2D eigenvalue weighted by molar-refractivity contribution is 4.86. The lowest BCUT2D eigenvalue weighted by molar-refractivity contribution is -0.00813. The number of hydrogen-bond acceptors (Lipinski definition) is 5. The molecule has 1 aliphatic heterocycles. The summed E-state index contributed by atoms with van der Waals surface area (Å²) in [6, 6.07) is 0. The lowest BCUT2D eigenvalue weighted by Gasteiger charge is -2.35. The second-order valence-electron chi connectivity index (χ2n) is 5.79. The maximum Gasteiger partial charge on any atom is 0.0897 e. The van der Waals surface area contributed by atoms with Gasteiger partial charge in [-0.1, -0.05) is 13.3 Å². The fraction of sp³-hybridized carbons (Fsp3) is 1.00. The zero-order valence-corrected chi connectivity index (χ0v) is 13.0. The molecule has 1 fully saturated rings. The van der Waals surface area contributed by atoms with Gasteiger partial charge in [0.1, 0.15) is 0 Å². The summed E-state index contributed by atoms with van der Waals surface area (Å²) >= 11 is 0. The lowest BCUT2D eigenvalue weighted by atomic mass is 9.95. The van der Waals surface area contributed by atoms with Crippen molar-refractivity contribution in [2.24, 2.45) is 0 Å². The van der Waals surface area contributed by atoms with Crippen LogP contribution in [0.15, 0.2) is 0 Å². The van der Waals surface area contributed by atoms with Crippen LogP contribution in [0.4, 0.5) is 0 Å². The maximum atomic E-state index is 9.87. The van der Waals surface area contributed by atoms with Gasteiger partial charge in [-0.05, 0) is 26.2 Å². The van der Waals surface area contributed by atoms with Crippen LogP contribution in [0.25, 0.3) is 0 Å². The van der Waals surface area contributed by atoms with Crippen molar-refractivity contribution in [2.45, 2.75) is 51.2 Å². The average molecular weight is 289 g/mol. The highest BCUT2D eigenvalue weighted by Gasteiger charge is 2.27. The minimum Gasteiger partial charge on any atom is -0.389 e. The molecule has 2 N–H and O–H groups in total. The van der Waals surface area contributed by atoms with Crippen LogP contribution < -0.4 is 5.32 Å². The van der Waals surface area contributed by atoms with Crippen molar-refractivity contribution in [3.63, 3.8) is 0 Å². The molecule has 0 spiro atoms. The van der Waals surface area contributed by atoms with E-state index in [0.29, 0.717) is 33.0 Å². The Morgan fingerprint density at radius 2 is 2.10 bits per heavy atom. The zero-order chi connectivity index (χ0) is 14.7. The van der Waals surface area contributed by atoms with Gasteiger partial charge < -0.3 is 24.6 Å². The van der Waals surface area contributed by atoms with E-state index in [1.807, 2.05) is 0 Å². The van der Waals surface area contributed by atoms with E-state index >= 15 is 0 Å². The van der Waals surface area contributed by atoms with Gasteiger partial charge in [0.15, 0.2) is 0 Å². The Labute approximate surface area is 123 Å². The van der Waals surface area contributed by atoms with E-state index in [0.717, 1.165) is 38.9 Å². The third kappa shape index (κ3) is 8.17. The predicted molar refractivity (Wildman–Crippen MR) is 79.0 cm³/mol. The Bertz CT molecular complexity index is 232. The SMILES string of the molecule is CCCCOCCOCC(O)CNC1(C)CCCOC1. The second kappa shape index (κ2) is 10.5. The van der Waals surface area contributed by atoms with E-state index in [1.54, 1.807) is 0 Å². The van der Waals surface area contributed by atoms with Crippen molar-refractivity contribution in [1.29, 1.82) is 0 Å². The molecule has 0 aliphatic carbocycles. The van der Waals surface area contributed by atoms with Gasteiger partial charge in [0.25, 0.3) is 0 Å². The molecule has 0 bridgehead atoms. The van der Waals surface area contributed by atoms with Gasteiger partial charge >= 0.3 is 0 Å². The molecule has 1 rings (SSSR count). The first-order valence-electron chi connectivity index (χ1n) is 7.82. The Kier molecular flexibility index (Phi) is 9.39. The Morgan fingerprint density at radius 1 is 1.30 bits per heavy atom. The predicted octanol–water partition coefficient (Wildman–Crippen LogP) is 1.34. The molecule has 120 valence electrons. The van der Waals surface area contributed by atoms with Crippen LogP contribution >= 0.6 is 0 Å². The van der Waals surface area contributed by atoms with E-state index in [-0.39, 0.29) is 5.54 Å². The number of β-amino-alcohol motifs (C(OH)–C–C–N with tert-alkyl or cyclic N) is 1. The monoisotopic (exact) mass is 289 g/mol. The Hall–Kier alpha value is -0.200. The van der Waals surface area contributed by atoms with Crippen LogP contribution in [0.3, 0.4) is 0 Å². The van der Waals surface area contributed by atoms with Crippen LogP contribution in [0, 0.1) is 0 Å². The molecule has 20 heavy (non-hydrogen) atoms. The van der Waals surface area contributed by atoms with E-state index in [2.05, 4.69) is 19.2 Å². The number of hydrogen-bond donors (Lipinski definition) is 2. The summed E-state index contributed by atoms with van der Waals surface area (Å²) in [5, 5.41) is 13.2. The summed E-state index contributed by atoms with van der Waals surface area (Å²) in [6.07, 6.45) is 3.92. The van der Waals surface area contributed by atoms with Gasteiger partial charge in [0.05, 0.1) is 32.5 Å². The molecule has 1 heterocycles. The maximum absolute atomic E-state index is 9.87. The summed E-state index contributed by atoms with van der Waals surface area (Å²) in [4.78, 5) is 0. The lowest BCUT2D eigenvalue weighted by Crippen LogP contribution is -2.51. The summed E-state index contributed by atoms with van der Waals surface area (Å²) < 4.78 is 16.3. The molecular weight excluding hydrogens is 258 g/mol. The molecule has 1 aliphatic rings. The molecule has 0 amide bonds. The normalized spacial score (nSPS) is 24.8. The average Bonchev–Trinajstić information content (AvgIpc) is 2.45. The topological polar surface area (TPSA) is 60.0 Å². The second-order valence-corrected chi connectivity index (χ2v) is 5.79. The van der Waals surface area contributed by atoms with Crippen LogP contribution in [-0.2, 0) is 14.2 Å². The van der Waals surface area contributed by atoms with Crippen LogP contribution in [0.2, 0.25) is 0 Å². The summed E-state index contributed by atoms with van der Waals surface area (Å²) in [7, 11) is 0. The fourth-order valence-electron chi connectivity index (χ4n) is 2.18. The molecule has 2 atom stereocenters. The minimum absolute atomic E-state index is 0.0114. The highest BCUT2D eigenvalue weighted by Crippen LogP contribution is 2.17. The summed E-state index contributed by atoms with van der Waals surface area (Å²) in [6.45, 7) is 8.67. The third-order valence-electron chi connectivity index (χ3n) is 3.53. The fourth-order valence-corrected chi connectivity index (χ4v) is 2.18. The first-order valence-corrected chi connectivity index (χ1v) is 7.82. The van der Waals surface area contributed by atoms with Crippen molar-refractivity contribution < 1.29 is 19.3 Å².